The zero-order valence-electron chi connectivity index (χ0n) is 12.4. The Balaban J connectivity index is 2.56. The van der Waals surface area contributed by atoms with Gasteiger partial charge in [0.25, 0.3) is 5.91 Å². The molecule has 1 amide bonds. The summed E-state index contributed by atoms with van der Waals surface area (Å²) in [6.45, 7) is 8.05. The standard InChI is InChI=1S/C15H22FN3O/c1-9-8-15(3,4)19(10(2)14(20)18-17)13-7-11(16)5-6-12(9)13/h5-7,9-10H,8,17H2,1-4H3,(H,18,20)/t9-,10-/m0/s1. The molecule has 0 saturated heterocycles. The monoisotopic (exact) mass is 279 g/mol. The van der Waals surface area contributed by atoms with Crippen molar-refractivity contribution in [2.45, 2.75) is 51.6 Å². The van der Waals surface area contributed by atoms with Gasteiger partial charge in [-0.05, 0) is 50.8 Å². The Bertz CT molecular complexity index is 530. The van der Waals surface area contributed by atoms with Gasteiger partial charge in [-0.15, -0.1) is 0 Å². The summed E-state index contributed by atoms with van der Waals surface area (Å²) in [5.74, 6) is 5.00. The minimum absolute atomic E-state index is 0.244. The van der Waals surface area contributed by atoms with Crippen molar-refractivity contribution in [1.29, 1.82) is 0 Å². The predicted molar refractivity (Wildman–Crippen MR) is 77.8 cm³/mol. The van der Waals surface area contributed by atoms with Crippen molar-refractivity contribution >= 4 is 11.6 Å². The number of nitrogens with one attached hydrogen (secondary N) is 1. The average molecular weight is 279 g/mol. The summed E-state index contributed by atoms with van der Waals surface area (Å²) in [6.07, 6.45) is 0.897. The molecule has 0 spiro atoms. The third kappa shape index (κ3) is 2.38. The topological polar surface area (TPSA) is 58.4 Å². The first-order valence-electron chi connectivity index (χ1n) is 6.87. The maximum Gasteiger partial charge on any atom is 0.256 e. The van der Waals surface area contributed by atoms with Gasteiger partial charge in [0.15, 0.2) is 0 Å². The van der Waals surface area contributed by atoms with E-state index in [2.05, 4.69) is 26.2 Å². The molecule has 2 rings (SSSR count). The molecule has 0 aromatic heterocycles. The van der Waals surface area contributed by atoms with E-state index < -0.39 is 6.04 Å². The van der Waals surface area contributed by atoms with Crippen molar-refractivity contribution in [3.8, 4) is 0 Å². The van der Waals surface area contributed by atoms with E-state index in [0.717, 1.165) is 17.7 Å². The lowest BCUT2D eigenvalue weighted by molar-refractivity contribution is -0.122. The predicted octanol–water partition coefficient (Wildman–Crippen LogP) is 2.30. The summed E-state index contributed by atoms with van der Waals surface area (Å²) in [5, 5.41) is 0. The van der Waals surface area contributed by atoms with Gasteiger partial charge in [0.2, 0.25) is 0 Å². The van der Waals surface area contributed by atoms with Crippen LogP contribution in [0.1, 0.15) is 45.6 Å². The Labute approximate surface area is 119 Å². The Hall–Kier alpha value is -1.62. The molecule has 110 valence electrons. The number of hydrazine groups is 1. The van der Waals surface area contributed by atoms with Gasteiger partial charge < -0.3 is 4.90 Å². The number of nitrogens with two attached hydrogens (primary N) is 1. The van der Waals surface area contributed by atoms with Crippen LogP contribution in [-0.4, -0.2) is 17.5 Å². The molecule has 2 atom stereocenters. The molecular formula is C15H22FN3O. The van der Waals surface area contributed by atoms with Crippen LogP contribution in [0.5, 0.6) is 0 Å². The van der Waals surface area contributed by atoms with Gasteiger partial charge in [0.1, 0.15) is 11.9 Å². The third-order valence-corrected chi connectivity index (χ3v) is 4.15. The number of amides is 1. The van der Waals surface area contributed by atoms with Crippen LogP contribution >= 0.6 is 0 Å². The lowest BCUT2D eigenvalue weighted by atomic mass is 9.79. The summed E-state index contributed by atoms with van der Waals surface area (Å²) in [6, 6.07) is 4.33. The lowest BCUT2D eigenvalue weighted by Gasteiger charge is -2.49. The normalized spacial score (nSPS) is 22.1. The van der Waals surface area contributed by atoms with Crippen molar-refractivity contribution in [3.63, 3.8) is 0 Å². The molecule has 1 aromatic carbocycles. The van der Waals surface area contributed by atoms with E-state index in [-0.39, 0.29) is 17.3 Å². The van der Waals surface area contributed by atoms with Crippen molar-refractivity contribution in [2.24, 2.45) is 5.84 Å². The molecule has 4 nitrogen and oxygen atoms in total. The average Bonchev–Trinajstić information content (AvgIpc) is 2.35. The second-order valence-electron chi connectivity index (χ2n) is 6.18. The van der Waals surface area contributed by atoms with Crippen LogP contribution in [0, 0.1) is 5.82 Å². The minimum atomic E-state index is -0.456. The van der Waals surface area contributed by atoms with E-state index >= 15 is 0 Å². The first kappa shape index (κ1) is 14.8. The summed E-state index contributed by atoms with van der Waals surface area (Å²) in [7, 11) is 0. The summed E-state index contributed by atoms with van der Waals surface area (Å²) >= 11 is 0. The second kappa shape index (κ2) is 5.05. The first-order valence-corrected chi connectivity index (χ1v) is 6.87. The molecule has 0 saturated carbocycles. The summed E-state index contributed by atoms with van der Waals surface area (Å²) < 4.78 is 13.6. The van der Waals surface area contributed by atoms with Crippen molar-refractivity contribution in [3.05, 3.63) is 29.6 Å². The molecule has 1 aromatic rings. The Morgan fingerprint density at radius 2 is 2.20 bits per heavy atom. The molecule has 0 bridgehead atoms. The number of nitrogens with zero attached hydrogens (tertiary/aromatic N) is 1. The van der Waals surface area contributed by atoms with Crippen LogP contribution in [0.3, 0.4) is 0 Å². The van der Waals surface area contributed by atoms with Gasteiger partial charge in [0, 0.05) is 11.2 Å². The van der Waals surface area contributed by atoms with E-state index in [1.807, 2.05) is 11.0 Å². The highest BCUT2D eigenvalue weighted by atomic mass is 19.1. The second-order valence-corrected chi connectivity index (χ2v) is 6.18. The Morgan fingerprint density at radius 1 is 1.55 bits per heavy atom. The van der Waals surface area contributed by atoms with Gasteiger partial charge >= 0.3 is 0 Å². The number of carbonyl (C=O) groups is 1. The Kier molecular flexibility index (Phi) is 3.73. The van der Waals surface area contributed by atoms with Crippen molar-refractivity contribution in [1.82, 2.24) is 5.43 Å². The van der Waals surface area contributed by atoms with E-state index in [1.54, 1.807) is 6.92 Å². The molecule has 0 aliphatic carbocycles. The molecular weight excluding hydrogens is 257 g/mol. The fraction of sp³-hybridized carbons (Fsp3) is 0.533. The smallest absolute Gasteiger partial charge is 0.256 e. The molecule has 0 fully saturated rings. The zero-order chi connectivity index (χ0) is 15.1. The van der Waals surface area contributed by atoms with Crippen LogP contribution < -0.4 is 16.2 Å². The summed E-state index contributed by atoms with van der Waals surface area (Å²) in [4.78, 5) is 13.9. The maximum atomic E-state index is 13.6. The van der Waals surface area contributed by atoms with Crippen LogP contribution in [0.15, 0.2) is 18.2 Å². The largest absolute Gasteiger partial charge is 0.354 e. The maximum absolute atomic E-state index is 13.6. The molecule has 1 heterocycles. The molecule has 0 radical (unpaired) electrons. The van der Waals surface area contributed by atoms with Gasteiger partial charge in [-0.3, -0.25) is 10.2 Å². The van der Waals surface area contributed by atoms with Crippen LogP contribution in [0.25, 0.3) is 0 Å². The zero-order valence-corrected chi connectivity index (χ0v) is 12.4. The van der Waals surface area contributed by atoms with Crippen molar-refractivity contribution in [2.75, 3.05) is 4.90 Å². The van der Waals surface area contributed by atoms with Crippen LogP contribution in [-0.2, 0) is 4.79 Å². The number of benzene rings is 1. The SMILES string of the molecule is C[C@H]1CC(C)(C)N([C@@H](C)C(=O)NN)c2cc(F)ccc21. The highest BCUT2D eigenvalue weighted by molar-refractivity contribution is 5.85. The van der Waals surface area contributed by atoms with E-state index in [4.69, 9.17) is 5.84 Å². The quantitative estimate of drug-likeness (QED) is 0.496. The van der Waals surface area contributed by atoms with Gasteiger partial charge in [-0.2, -0.15) is 0 Å². The van der Waals surface area contributed by atoms with Gasteiger partial charge in [-0.25, -0.2) is 10.2 Å². The fourth-order valence-corrected chi connectivity index (χ4v) is 3.40. The number of anilines is 1. The first-order chi connectivity index (χ1) is 9.27. The van der Waals surface area contributed by atoms with Crippen molar-refractivity contribution < 1.29 is 9.18 Å². The highest BCUT2D eigenvalue weighted by Gasteiger charge is 2.40. The number of halogens is 1. The lowest BCUT2D eigenvalue weighted by Crippen LogP contribution is -2.58. The molecule has 3 N–H and O–H groups in total. The number of carbonyl (C=O) groups excluding carboxylic acids is 1. The van der Waals surface area contributed by atoms with E-state index in [0.29, 0.717) is 5.92 Å². The fourth-order valence-electron chi connectivity index (χ4n) is 3.40. The molecule has 1 aliphatic heterocycles. The highest BCUT2D eigenvalue weighted by Crippen LogP contribution is 2.44. The van der Waals surface area contributed by atoms with Crippen LogP contribution in [0.2, 0.25) is 0 Å². The number of rotatable bonds is 2. The number of fused-ring (bicyclic) bond motifs is 1. The minimum Gasteiger partial charge on any atom is -0.354 e. The third-order valence-electron chi connectivity index (χ3n) is 4.15. The van der Waals surface area contributed by atoms with E-state index in [1.165, 1.54) is 12.1 Å². The summed E-state index contributed by atoms with van der Waals surface area (Å²) in [5.41, 5.74) is 3.79. The van der Waals surface area contributed by atoms with E-state index in [9.17, 15) is 9.18 Å². The molecule has 0 unspecified atom stereocenters. The van der Waals surface area contributed by atoms with Gasteiger partial charge in [0.05, 0.1) is 0 Å². The number of hydrogen-bond acceptors (Lipinski definition) is 3. The van der Waals surface area contributed by atoms with Gasteiger partial charge in [-0.1, -0.05) is 13.0 Å². The molecule has 5 heteroatoms. The van der Waals surface area contributed by atoms with Crippen LogP contribution in [0.4, 0.5) is 10.1 Å². The Morgan fingerprint density at radius 3 is 2.80 bits per heavy atom. The molecule has 1 aliphatic rings. The molecule has 20 heavy (non-hydrogen) atoms. The number of hydrogen-bond donors (Lipinski definition) is 2.